The fraction of sp³-hybridized carbons (Fsp3) is 0.333. The van der Waals surface area contributed by atoms with Gasteiger partial charge in [-0.25, -0.2) is 4.98 Å². The van der Waals surface area contributed by atoms with E-state index in [2.05, 4.69) is 15.2 Å². The quantitative estimate of drug-likeness (QED) is 0.629. The molecule has 4 rings (SSSR count). The van der Waals surface area contributed by atoms with Gasteiger partial charge < -0.3 is 9.64 Å². The highest BCUT2D eigenvalue weighted by Crippen LogP contribution is 2.30. The summed E-state index contributed by atoms with van der Waals surface area (Å²) >= 11 is 0. The molecule has 2 aromatic heterocycles. The molecule has 0 radical (unpaired) electrons. The lowest BCUT2D eigenvalue weighted by atomic mass is 9.98. The molecular formula is C21H20F3N5O2. The van der Waals surface area contributed by atoms with Gasteiger partial charge in [0.25, 0.3) is 5.91 Å². The van der Waals surface area contributed by atoms with Crippen LogP contribution in [0.3, 0.4) is 0 Å². The minimum absolute atomic E-state index is 0.0975. The molecule has 7 nitrogen and oxygen atoms in total. The summed E-state index contributed by atoms with van der Waals surface area (Å²) in [6, 6.07) is 8.90. The first kappa shape index (κ1) is 20.8. The summed E-state index contributed by atoms with van der Waals surface area (Å²) in [4.78, 5) is 20.2. The van der Waals surface area contributed by atoms with E-state index >= 15 is 0 Å². The summed E-state index contributed by atoms with van der Waals surface area (Å²) in [6.45, 7) is 2.40. The molecule has 10 heteroatoms. The Bertz CT molecular complexity index is 1040. The van der Waals surface area contributed by atoms with E-state index in [0.717, 1.165) is 12.3 Å². The number of nitrogens with zero attached hydrogens (tertiary/aromatic N) is 5. The van der Waals surface area contributed by atoms with Gasteiger partial charge in [-0.05, 0) is 38.0 Å². The number of halogens is 3. The summed E-state index contributed by atoms with van der Waals surface area (Å²) in [5, 5.41) is 8.22. The second-order valence-electron chi connectivity index (χ2n) is 7.26. The first-order valence-corrected chi connectivity index (χ1v) is 9.81. The molecule has 0 unspecified atom stereocenters. The van der Waals surface area contributed by atoms with E-state index in [9.17, 15) is 18.0 Å². The van der Waals surface area contributed by atoms with Crippen LogP contribution in [0.2, 0.25) is 0 Å². The summed E-state index contributed by atoms with van der Waals surface area (Å²) in [7, 11) is 0. The van der Waals surface area contributed by atoms with E-state index < -0.39 is 17.8 Å². The smallest absolute Gasteiger partial charge is 0.417 e. The van der Waals surface area contributed by atoms with Crippen LogP contribution < -0.4 is 4.74 Å². The monoisotopic (exact) mass is 431 g/mol. The van der Waals surface area contributed by atoms with Crippen molar-refractivity contribution in [1.29, 1.82) is 0 Å². The number of carbonyl (C=O) groups excluding carboxylic acids is 1. The summed E-state index contributed by atoms with van der Waals surface area (Å²) < 4.78 is 44.1. The Morgan fingerprint density at radius 3 is 2.55 bits per heavy atom. The van der Waals surface area contributed by atoms with Gasteiger partial charge >= 0.3 is 6.18 Å². The van der Waals surface area contributed by atoms with Crippen molar-refractivity contribution < 1.29 is 22.7 Å². The van der Waals surface area contributed by atoms with Crippen molar-refractivity contribution >= 4 is 5.91 Å². The van der Waals surface area contributed by atoms with Gasteiger partial charge in [0.1, 0.15) is 6.10 Å². The molecule has 1 aromatic carbocycles. The number of alkyl halides is 3. The highest BCUT2D eigenvalue weighted by atomic mass is 19.4. The highest BCUT2D eigenvalue weighted by Gasteiger charge is 2.35. The molecule has 3 heterocycles. The Morgan fingerprint density at radius 1 is 1.13 bits per heavy atom. The lowest BCUT2D eigenvalue weighted by Gasteiger charge is -2.39. The Kier molecular flexibility index (Phi) is 5.62. The summed E-state index contributed by atoms with van der Waals surface area (Å²) in [6.07, 6.45) is 0.330. The summed E-state index contributed by atoms with van der Waals surface area (Å²) in [5.74, 6) is -0.0885. The predicted octanol–water partition coefficient (Wildman–Crippen LogP) is 3.75. The Morgan fingerprint density at radius 2 is 1.87 bits per heavy atom. The van der Waals surface area contributed by atoms with Gasteiger partial charge in [-0.2, -0.15) is 28.2 Å². The minimum atomic E-state index is -4.45. The molecule has 0 N–H and O–H groups in total. The number of pyridine rings is 1. The molecule has 162 valence electrons. The van der Waals surface area contributed by atoms with Crippen LogP contribution in [0.1, 0.15) is 35.7 Å². The van der Waals surface area contributed by atoms with Gasteiger partial charge in [-0.3, -0.25) is 4.79 Å². The van der Waals surface area contributed by atoms with E-state index in [1.165, 1.54) is 23.3 Å². The maximum absolute atomic E-state index is 13.3. The molecule has 1 saturated heterocycles. The second kappa shape index (κ2) is 8.37. The third kappa shape index (κ3) is 4.37. The van der Waals surface area contributed by atoms with E-state index in [1.54, 1.807) is 29.2 Å². The summed E-state index contributed by atoms with van der Waals surface area (Å²) in [5.41, 5.74) is 0.188. The number of piperidine rings is 1. The molecule has 1 aliphatic heterocycles. The van der Waals surface area contributed by atoms with Crippen LogP contribution in [-0.4, -0.2) is 49.5 Å². The van der Waals surface area contributed by atoms with Crippen molar-refractivity contribution in [3.8, 4) is 11.6 Å². The van der Waals surface area contributed by atoms with Crippen molar-refractivity contribution in [3.05, 3.63) is 66.1 Å². The van der Waals surface area contributed by atoms with E-state index in [1.807, 2.05) is 6.92 Å². The van der Waals surface area contributed by atoms with Crippen LogP contribution in [0, 0.1) is 0 Å². The molecule has 0 saturated carbocycles. The maximum Gasteiger partial charge on any atom is 0.417 e. The topological polar surface area (TPSA) is 73.1 Å². The third-order valence-corrected chi connectivity index (χ3v) is 5.28. The maximum atomic E-state index is 13.3. The van der Waals surface area contributed by atoms with Gasteiger partial charge in [0.05, 0.1) is 35.2 Å². The molecule has 0 spiro atoms. The third-order valence-electron chi connectivity index (χ3n) is 5.28. The van der Waals surface area contributed by atoms with E-state index in [-0.39, 0.29) is 17.8 Å². The molecule has 0 aliphatic carbocycles. The Hall–Kier alpha value is -3.43. The van der Waals surface area contributed by atoms with Gasteiger partial charge in [0.15, 0.2) is 0 Å². The molecule has 0 bridgehead atoms. The average Bonchev–Trinajstić information content (AvgIpc) is 3.29. The van der Waals surface area contributed by atoms with Gasteiger partial charge in [-0.1, -0.05) is 12.1 Å². The van der Waals surface area contributed by atoms with Crippen LogP contribution >= 0.6 is 0 Å². The zero-order valence-electron chi connectivity index (χ0n) is 16.7. The van der Waals surface area contributed by atoms with Crippen LogP contribution in [0.15, 0.2) is 55.0 Å². The van der Waals surface area contributed by atoms with Crippen LogP contribution in [0.4, 0.5) is 13.2 Å². The molecule has 31 heavy (non-hydrogen) atoms. The number of likely N-dealkylation sites (tertiary alicyclic amines) is 1. The molecule has 3 aromatic rings. The standard InChI is InChI=1S/C21H20F3N5O2/c1-14-18(31-19-9-8-15(13-25-19)21(22,23)24)7-4-12-28(14)20(30)16-5-2-3-6-17(16)29-26-10-11-27-29/h2-3,5-6,8-11,13-14,18H,4,7,12H2,1H3/t14-,18+/m0/s1. The average molecular weight is 431 g/mol. The van der Waals surface area contributed by atoms with Gasteiger partial charge in [0, 0.05) is 18.8 Å². The fourth-order valence-electron chi connectivity index (χ4n) is 3.65. The zero-order chi connectivity index (χ0) is 22.0. The lowest BCUT2D eigenvalue weighted by Crippen LogP contribution is -2.51. The van der Waals surface area contributed by atoms with Crippen LogP contribution in [0.25, 0.3) is 5.69 Å². The first-order valence-electron chi connectivity index (χ1n) is 9.81. The Balaban J connectivity index is 1.52. The van der Waals surface area contributed by atoms with Crippen molar-refractivity contribution in [2.45, 2.75) is 38.1 Å². The number of benzene rings is 1. The fourth-order valence-corrected chi connectivity index (χ4v) is 3.65. The van der Waals surface area contributed by atoms with Crippen molar-refractivity contribution in [2.75, 3.05) is 6.54 Å². The molecule has 1 aliphatic rings. The number of amides is 1. The number of hydrogen-bond donors (Lipinski definition) is 0. The van der Waals surface area contributed by atoms with Crippen molar-refractivity contribution in [1.82, 2.24) is 24.9 Å². The van der Waals surface area contributed by atoms with Crippen LogP contribution in [0.5, 0.6) is 5.88 Å². The van der Waals surface area contributed by atoms with E-state index in [4.69, 9.17) is 4.74 Å². The van der Waals surface area contributed by atoms with Crippen molar-refractivity contribution in [3.63, 3.8) is 0 Å². The van der Waals surface area contributed by atoms with Crippen LogP contribution in [-0.2, 0) is 6.18 Å². The normalized spacial score (nSPS) is 19.3. The number of hydrogen-bond acceptors (Lipinski definition) is 5. The predicted molar refractivity (Wildman–Crippen MR) is 105 cm³/mol. The number of carbonyl (C=O) groups is 1. The minimum Gasteiger partial charge on any atom is -0.472 e. The largest absolute Gasteiger partial charge is 0.472 e. The zero-order valence-corrected chi connectivity index (χ0v) is 16.7. The molecule has 1 fully saturated rings. The first-order chi connectivity index (χ1) is 14.8. The number of ether oxygens (including phenoxy) is 1. The Labute approximate surface area is 176 Å². The van der Waals surface area contributed by atoms with Gasteiger partial charge in [-0.15, -0.1) is 0 Å². The highest BCUT2D eigenvalue weighted by molar-refractivity contribution is 5.98. The number of rotatable bonds is 4. The number of aromatic nitrogens is 4. The van der Waals surface area contributed by atoms with Gasteiger partial charge in [0.2, 0.25) is 5.88 Å². The molecule has 1 amide bonds. The van der Waals surface area contributed by atoms with Crippen molar-refractivity contribution in [2.24, 2.45) is 0 Å². The molecular weight excluding hydrogens is 411 g/mol. The van der Waals surface area contributed by atoms with E-state index in [0.29, 0.717) is 30.6 Å². The second-order valence-corrected chi connectivity index (χ2v) is 7.26. The molecule has 2 atom stereocenters. The SMILES string of the molecule is C[C@H]1[C@H](Oc2ccc(C(F)(F)F)cn2)CCCN1C(=O)c1ccccc1-n1nccn1. The lowest BCUT2D eigenvalue weighted by molar-refractivity contribution is -0.137. The number of para-hydroxylation sites is 1.